The summed E-state index contributed by atoms with van der Waals surface area (Å²) in [4.78, 5) is 18.7. The summed E-state index contributed by atoms with van der Waals surface area (Å²) >= 11 is 0. The van der Waals surface area contributed by atoms with Gasteiger partial charge in [-0.1, -0.05) is 24.6 Å². The van der Waals surface area contributed by atoms with Crippen LogP contribution in [0.5, 0.6) is 0 Å². The molecule has 2 N–H and O–H groups in total. The number of benzene rings is 1. The summed E-state index contributed by atoms with van der Waals surface area (Å²) in [5.41, 5.74) is 2.25. The fourth-order valence-electron chi connectivity index (χ4n) is 3.61. The minimum atomic E-state index is 0. The summed E-state index contributed by atoms with van der Waals surface area (Å²) in [7, 11) is 0. The van der Waals surface area contributed by atoms with Crippen LogP contribution in [-0.4, -0.2) is 59.3 Å². The molecule has 0 radical (unpaired) electrons. The first-order valence-electron chi connectivity index (χ1n) is 11.1. The highest BCUT2D eigenvalue weighted by atomic mass is 127. The first-order chi connectivity index (χ1) is 14.8. The Balaban J connectivity index is 0.00000341. The molecule has 1 aliphatic heterocycles. The molecule has 1 amide bonds. The second-order valence-electron chi connectivity index (χ2n) is 7.61. The lowest BCUT2D eigenvalue weighted by Gasteiger charge is -2.20. The number of nitrogens with zero attached hydrogens (tertiary/aromatic N) is 4. The number of guanidine groups is 1. The first kappa shape index (κ1) is 25.2. The molecule has 7 nitrogen and oxygen atoms in total. The van der Waals surface area contributed by atoms with Gasteiger partial charge in [0.2, 0.25) is 5.91 Å². The second kappa shape index (κ2) is 14.1. The summed E-state index contributed by atoms with van der Waals surface area (Å²) in [5.74, 6) is 1.13. The number of amides is 1. The Kier molecular flexibility index (Phi) is 11.4. The van der Waals surface area contributed by atoms with Gasteiger partial charge in [-0.05, 0) is 50.3 Å². The van der Waals surface area contributed by atoms with Gasteiger partial charge in [-0.25, -0.2) is 4.68 Å². The van der Waals surface area contributed by atoms with Gasteiger partial charge in [0.05, 0.1) is 11.9 Å². The quantitative estimate of drug-likeness (QED) is 0.222. The highest BCUT2D eigenvalue weighted by molar-refractivity contribution is 14.0. The van der Waals surface area contributed by atoms with Crippen LogP contribution >= 0.6 is 24.0 Å². The van der Waals surface area contributed by atoms with Crippen molar-refractivity contribution in [2.24, 2.45) is 4.99 Å². The Bertz CT molecular complexity index is 807. The third kappa shape index (κ3) is 8.51. The predicted octanol–water partition coefficient (Wildman–Crippen LogP) is 3.38. The van der Waals surface area contributed by atoms with Crippen LogP contribution in [0.2, 0.25) is 0 Å². The molecule has 2 aromatic rings. The van der Waals surface area contributed by atoms with Crippen molar-refractivity contribution in [1.82, 2.24) is 25.3 Å². The number of halogens is 1. The second-order valence-corrected chi connectivity index (χ2v) is 7.61. The van der Waals surface area contributed by atoms with E-state index in [0.29, 0.717) is 18.9 Å². The van der Waals surface area contributed by atoms with E-state index in [2.05, 4.69) is 33.8 Å². The molecule has 2 heterocycles. The van der Waals surface area contributed by atoms with Gasteiger partial charge >= 0.3 is 0 Å². The Labute approximate surface area is 202 Å². The average molecular weight is 538 g/mol. The Morgan fingerprint density at radius 1 is 1.16 bits per heavy atom. The molecule has 1 fully saturated rings. The fraction of sp³-hybridized carbons (Fsp3) is 0.522. The summed E-state index contributed by atoms with van der Waals surface area (Å²) in [6.45, 7) is 6.10. The maximum atomic E-state index is 12.1. The van der Waals surface area contributed by atoms with E-state index in [0.717, 1.165) is 63.5 Å². The van der Waals surface area contributed by atoms with E-state index in [-0.39, 0.29) is 24.0 Å². The van der Waals surface area contributed by atoms with Crippen LogP contribution in [0, 0.1) is 0 Å². The summed E-state index contributed by atoms with van der Waals surface area (Å²) < 4.78 is 1.90. The van der Waals surface area contributed by atoms with E-state index >= 15 is 0 Å². The molecule has 0 aliphatic carbocycles. The molecule has 0 saturated carbocycles. The van der Waals surface area contributed by atoms with Gasteiger partial charge in [0.25, 0.3) is 0 Å². The molecule has 0 bridgehead atoms. The summed E-state index contributed by atoms with van der Waals surface area (Å²) in [6.07, 6.45) is 9.78. The summed E-state index contributed by atoms with van der Waals surface area (Å²) in [6, 6.07) is 10.1. The van der Waals surface area contributed by atoms with Gasteiger partial charge in [-0.3, -0.25) is 9.79 Å². The molecular weight excluding hydrogens is 503 g/mol. The van der Waals surface area contributed by atoms with Gasteiger partial charge in [0, 0.05) is 45.3 Å². The van der Waals surface area contributed by atoms with E-state index in [4.69, 9.17) is 0 Å². The monoisotopic (exact) mass is 538 g/mol. The third-order valence-corrected chi connectivity index (χ3v) is 5.23. The molecule has 0 unspecified atom stereocenters. The van der Waals surface area contributed by atoms with Crippen LogP contribution in [0.1, 0.15) is 44.6 Å². The normalized spacial score (nSPS) is 14.7. The van der Waals surface area contributed by atoms with Gasteiger partial charge < -0.3 is 15.5 Å². The zero-order chi connectivity index (χ0) is 21.0. The molecular formula is C23H35IN6O. The number of aliphatic imine (C=N–C) groups is 1. The Morgan fingerprint density at radius 3 is 2.81 bits per heavy atom. The number of nitrogens with one attached hydrogen (secondary N) is 2. The highest BCUT2D eigenvalue weighted by Gasteiger charge is 2.15. The zero-order valence-electron chi connectivity index (χ0n) is 18.4. The predicted molar refractivity (Wildman–Crippen MR) is 136 cm³/mol. The van der Waals surface area contributed by atoms with Crippen molar-refractivity contribution in [2.45, 2.75) is 45.4 Å². The number of para-hydroxylation sites is 1. The number of hydrogen-bond acceptors (Lipinski definition) is 3. The molecule has 1 aromatic heterocycles. The molecule has 0 atom stereocenters. The molecule has 31 heavy (non-hydrogen) atoms. The smallest absolute Gasteiger partial charge is 0.222 e. The first-order valence-corrected chi connectivity index (χ1v) is 11.1. The van der Waals surface area contributed by atoms with Crippen molar-refractivity contribution >= 4 is 35.8 Å². The van der Waals surface area contributed by atoms with Crippen molar-refractivity contribution in [2.75, 3.05) is 32.7 Å². The van der Waals surface area contributed by atoms with Crippen LogP contribution in [0.25, 0.3) is 5.69 Å². The maximum Gasteiger partial charge on any atom is 0.222 e. The number of carbonyl (C=O) groups excluding carboxylic acids is 1. The van der Waals surface area contributed by atoms with E-state index in [9.17, 15) is 4.79 Å². The number of hydrogen-bond donors (Lipinski definition) is 2. The van der Waals surface area contributed by atoms with Crippen LogP contribution in [0.4, 0.5) is 0 Å². The van der Waals surface area contributed by atoms with Gasteiger partial charge in [-0.2, -0.15) is 5.10 Å². The lowest BCUT2D eigenvalue weighted by atomic mass is 10.2. The lowest BCUT2D eigenvalue weighted by molar-refractivity contribution is -0.130. The molecule has 1 aliphatic rings. The van der Waals surface area contributed by atoms with E-state index in [1.165, 1.54) is 12.0 Å². The number of likely N-dealkylation sites (tertiary alicyclic amines) is 1. The van der Waals surface area contributed by atoms with Crippen molar-refractivity contribution in [3.8, 4) is 5.69 Å². The summed E-state index contributed by atoms with van der Waals surface area (Å²) in [5, 5.41) is 11.1. The topological polar surface area (TPSA) is 74.6 Å². The zero-order valence-corrected chi connectivity index (χ0v) is 20.8. The minimum Gasteiger partial charge on any atom is -0.357 e. The molecule has 1 saturated heterocycles. The van der Waals surface area contributed by atoms with Crippen LogP contribution in [0.15, 0.2) is 47.7 Å². The van der Waals surface area contributed by atoms with Crippen molar-refractivity contribution in [3.63, 3.8) is 0 Å². The van der Waals surface area contributed by atoms with Crippen molar-refractivity contribution in [3.05, 3.63) is 48.3 Å². The highest BCUT2D eigenvalue weighted by Crippen LogP contribution is 2.11. The van der Waals surface area contributed by atoms with E-state index < -0.39 is 0 Å². The van der Waals surface area contributed by atoms with Gasteiger partial charge in [0.15, 0.2) is 5.96 Å². The Morgan fingerprint density at radius 2 is 2.00 bits per heavy atom. The average Bonchev–Trinajstić information content (AvgIpc) is 3.14. The van der Waals surface area contributed by atoms with E-state index in [1.807, 2.05) is 46.1 Å². The van der Waals surface area contributed by atoms with Crippen LogP contribution in [-0.2, 0) is 11.2 Å². The molecule has 0 spiro atoms. The minimum absolute atomic E-state index is 0. The maximum absolute atomic E-state index is 12.1. The Hall–Kier alpha value is -2.10. The molecule has 8 heteroatoms. The molecule has 1 aromatic carbocycles. The number of carbonyl (C=O) groups is 1. The molecule has 170 valence electrons. The lowest BCUT2D eigenvalue weighted by Crippen LogP contribution is -2.38. The third-order valence-electron chi connectivity index (χ3n) is 5.23. The van der Waals surface area contributed by atoms with Crippen molar-refractivity contribution < 1.29 is 4.79 Å². The van der Waals surface area contributed by atoms with Crippen LogP contribution in [0.3, 0.4) is 0 Å². The number of rotatable bonds is 9. The standard InChI is InChI=1S/C23H34N6O.HI/c1-2-24-23(25-14-9-17-28-16-8-4-7-12-22(28)30)26-15-13-20-18-27-29(19-20)21-10-5-3-6-11-21;/h3,5-6,10-11,18-19H,2,4,7-9,12-17H2,1H3,(H2,24,25,26);1H. The molecule has 3 rings (SSSR count). The van der Waals surface area contributed by atoms with Crippen LogP contribution < -0.4 is 10.6 Å². The van der Waals surface area contributed by atoms with Gasteiger partial charge in [0.1, 0.15) is 0 Å². The largest absolute Gasteiger partial charge is 0.357 e. The number of aromatic nitrogens is 2. The van der Waals surface area contributed by atoms with Gasteiger partial charge in [-0.15, -0.1) is 24.0 Å². The van der Waals surface area contributed by atoms with Crippen molar-refractivity contribution in [1.29, 1.82) is 0 Å². The SMILES string of the molecule is CCNC(=NCCCN1CCCCCC1=O)NCCc1cnn(-c2ccccc2)c1.I. The van der Waals surface area contributed by atoms with E-state index in [1.54, 1.807) is 0 Å². The fourth-order valence-corrected chi connectivity index (χ4v) is 3.61.